The summed E-state index contributed by atoms with van der Waals surface area (Å²) in [4.78, 5) is 21.4. The highest BCUT2D eigenvalue weighted by atomic mass is 16.3. The predicted octanol–water partition coefficient (Wildman–Crippen LogP) is 2.24. The Morgan fingerprint density at radius 3 is 2.78 bits per heavy atom. The molecule has 1 aromatic heterocycles. The number of hydrogen-bond acceptors (Lipinski definition) is 6. The van der Waals surface area contributed by atoms with Crippen molar-refractivity contribution >= 4 is 22.8 Å². The summed E-state index contributed by atoms with van der Waals surface area (Å²) in [5.41, 5.74) is 1.22. The molecule has 27 heavy (non-hydrogen) atoms. The molecule has 1 saturated carbocycles. The molecule has 7 heteroatoms. The minimum atomic E-state index is -0.234. The van der Waals surface area contributed by atoms with E-state index in [1.54, 1.807) is 18.3 Å². The number of aromatic nitrogens is 2. The summed E-state index contributed by atoms with van der Waals surface area (Å²) in [5, 5.41) is 26.1. The Kier molecular flexibility index (Phi) is 6.58. The predicted molar refractivity (Wildman–Crippen MR) is 105 cm³/mol. The van der Waals surface area contributed by atoms with E-state index < -0.39 is 0 Å². The van der Waals surface area contributed by atoms with E-state index in [1.165, 1.54) is 0 Å². The van der Waals surface area contributed by atoms with Crippen LogP contribution in [0.1, 0.15) is 55.8 Å². The van der Waals surface area contributed by atoms with Gasteiger partial charge in [-0.05, 0) is 44.2 Å². The molecule has 7 nitrogen and oxygen atoms in total. The highest BCUT2D eigenvalue weighted by Crippen LogP contribution is 2.22. The van der Waals surface area contributed by atoms with Gasteiger partial charge in [-0.15, -0.1) is 0 Å². The molecule has 1 aliphatic rings. The molecule has 0 spiro atoms. The molecule has 1 aliphatic carbocycles. The fourth-order valence-electron chi connectivity index (χ4n) is 3.46. The van der Waals surface area contributed by atoms with Gasteiger partial charge >= 0.3 is 0 Å². The topological polar surface area (TPSA) is 107 Å². The average Bonchev–Trinajstić information content (AvgIpc) is 2.68. The molecule has 1 heterocycles. The molecule has 1 amide bonds. The Morgan fingerprint density at radius 1 is 1.30 bits per heavy atom. The van der Waals surface area contributed by atoms with Crippen LogP contribution in [-0.2, 0) is 0 Å². The van der Waals surface area contributed by atoms with Gasteiger partial charge in [0.2, 0.25) is 5.95 Å². The van der Waals surface area contributed by atoms with Crippen molar-refractivity contribution in [1.82, 2.24) is 15.3 Å². The number of nitrogens with zero attached hydrogens (tertiary/aromatic N) is 2. The van der Waals surface area contributed by atoms with Crippen molar-refractivity contribution < 1.29 is 15.0 Å². The van der Waals surface area contributed by atoms with E-state index in [1.807, 2.05) is 13.0 Å². The minimum Gasteiger partial charge on any atom is -0.394 e. The van der Waals surface area contributed by atoms with E-state index in [9.17, 15) is 15.0 Å². The molecule has 0 saturated heterocycles. The first-order chi connectivity index (χ1) is 13.1. The minimum absolute atomic E-state index is 0.0700. The summed E-state index contributed by atoms with van der Waals surface area (Å²) in [6.45, 7) is 1.95. The van der Waals surface area contributed by atoms with E-state index >= 15 is 0 Å². The molecule has 146 valence electrons. The lowest BCUT2D eigenvalue weighted by atomic mass is 9.93. The third kappa shape index (κ3) is 5.14. The largest absolute Gasteiger partial charge is 0.394 e. The Hall–Kier alpha value is -2.25. The highest BCUT2D eigenvalue weighted by Gasteiger charge is 2.20. The van der Waals surface area contributed by atoms with E-state index in [0.29, 0.717) is 17.0 Å². The fraction of sp³-hybridized carbons (Fsp3) is 0.550. The van der Waals surface area contributed by atoms with Crippen molar-refractivity contribution in [2.45, 2.75) is 63.6 Å². The molecule has 3 rings (SSSR count). The van der Waals surface area contributed by atoms with Gasteiger partial charge in [0.15, 0.2) is 0 Å². The molecule has 1 atom stereocenters. The maximum absolute atomic E-state index is 12.5. The Labute approximate surface area is 159 Å². The number of anilines is 1. The number of carbonyl (C=O) groups is 1. The van der Waals surface area contributed by atoms with Crippen molar-refractivity contribution in [3.8, 4) is 0 Å². The summed E-state index contributed by atoms with van der Waals surface area (Å²) >= 11 is 0. The number of carbonyl (C=O) groups excluding carboxylic acids is 1. The summed E-state index contributed by atoms with van der Waals surface area (Å²) in [6.07, 6.45) is 6.55. The van der Waals surface area contributed by atoms with E-state index in [2.05, 4.69) is 20.6 Å². The zero-order valence-electron chi connectivity index (χ0n) is 15.7. The van der Waals surface area contributed by atoms with Crippen LogP contribution >= 0.6 is 0 Å². The number of hydrogen-bond donors (Lipinski definition) is 4. The summed E-state index contributed by atoms with van der Waals surface area (Å²) in [6, 6.07) is 5.36. The molecule has 1 fully saturated rings. The Bertz CT molecular complexity index is 775. The third-order valence-corrected chi connectivity index (χ3v) is 5.07. The zero-order valence-corrected chi connectivity index (χ0v) is 15.7. The zero-order chi connectivity index (χ0) is 19.2. The van der Waals surface area contributed by atoms with Gasteiger partial charge < -0.3 is 20.8 Å². The first-order valence-electron chi connectivity index (χ1n) is 9.72. The summed E-state index contributed by atoms with van der Waals surface area (Å²) in [7, 11) is 0. The number of aliphatic hydroxyl groups excluding tert-OH is 2. The van der Waals surface area contributed by atoms with Crippen LogP contribution in [0.25, 0.3) is 10.9 Å². The van der Waals surface area contributed by atoms with Crippen molar-refractivity contribution in [2.24, 2.45) is 0 Å². The number of fused-ring (bicyclic) bond motifs is 1. The average molecular weight is 372 g/mol. The number of aliphatic hydroxyl groups is 2. The number of rotatable bonds is 7. The number of nitrogens with one attached hydrogen (secondary N) is 2. The van der Waals surface area contributed by atoms with Crippen LogP contribution in [0.2, 0.25) is 0 Å². The van der Waals surface area contributed by atoms with Gasteiger partial charge in [-0.25, -0.2) is 9.97 Å². The van der Waals surface area contributed by atoms with Crippen LogP contribution in [0.3, 0.4) is 0 Å². The lowest BCUT2D eigenvalue weighted by molar-refractivity contribution is 0.0913. The van der Waals surface area contributed by atoms with Crippen LogP contribution in [0.5, 0.6) is 0 Å². The standard InChI is InChI=1S/C20H28N4O3/c1-2-3-16(12-25)22-19(27)13-4-5-14-11-21-20(24-18(14)10-13)23-15-6-8-17(26)9-7-15/h4-5,10-11,15-17,25-26H,2-3,6-9,12H2,1H3,(H,22,27)(H,21,23,24). The SMILES string of the molecule is CCCC(CO)NC(=O)c1ccc2cnc(NC3CCC(O)CC3)nc2c1. The van der Waals surface area contributed by atoms with Crippen LogP contribution < -0.4 is 10.6 Å². The van der Waals surface area contributed by atoms with Gasteiger partial charge in [0.05, 0.1) is 24.3 Å². The molecule has 0 radical (unpaired) electrons. The van der Waals surface area contributed by atoms with Crippen LogP contribution in [0, 0.1) is 0 Å². The van der Waals surface area contributed by atoms with Crippen LogP contribution in [-0.4, -0.2) is 50.9 Å². The molecule has 4 N–H and O–H groups in total. The smallest absolute Gasteiger partial charge is 0.251 e. The quantitative estimate of drug-likeness (QED) is 0.594. The first kappa shape index (κ1) is 19.5. The van der Waals surface area contributed by atoms with E-state index in [4.69, 9.17) is 0 Å². The van der Waals surface area contributed by atoms with Crippen LogP contribution in [0.4, 0.5) is 5.95 Å². The van der Waals surface area contributed by atoms with Gasteiger partial charge in [-0.1, -0.05) is 19.4 Å². The van der Waals surface area contributed by atoms with Gasteiger partial charge in [0.25, 0.3) is 5.91 Å². The van der Waals surface area contributed by atoms with Crippen molar-refractivity contribution in [1.29, 1.82) is 0 Å². The van der Waals surface area contributed by atoms with Crippen LogP contribution in [0.15, 0.2) is 24.4 Å². The number of benzene rings is 1. The first-order valence-corrected chi connectivity index (χ1v) is 9.72. The number of amides is 1. The lowest BCUT2D eigenvalue weighted by Gasteiger charge is -2.26. The van der Waals surface area contributed by atoms with Gasteiger partial charge in [0, 0.05) is 23.2 Å². The third-order valence-electron chi connectivity index (χ3n) is 5.07. The van der Waals surface area contributed by atoms with Gasteiger partial charge in [-0.3, -0.25) is 4.79 Å². The maximum atomic E-state index is 12.5. The second-order valence-electron chi connectivity index (χ2n) is 7.26. The van der Waals surface area contributed by atoms with Crippen molar-refractivity contribution in [3.05, 3.63) is 30.0 Å². The van der Waals surface area contributed by atoms with Crippen molar-refractivity contribution in [2.75, 3.05) is 11.9 Å². The summed E-state index contributed by atoms with van der Waals surface area (Å²) in [5.74, 6) is 0.333. The molecule has 0 bridgehead atoms. The second-order valence-corrected chi connectivity index (χ2v) is 7.26. The normalized spacial score (nSPS) is 21.0. The maximum Gasteiger partial charge on any atom is 0.251 e. The monoisotopic (exact) mass is 372 g/mol. The molecule has 1 aromatic carbocycles. The Morgan fingerprint density at radius 2 is 2.07 bits per heavy atom. The van der Waals surface area contributed by atoms with Gasteiger partial charge in [-0.2, -0.15) is 0 Å². The molecular weight excluding hydrogens is 344 g/mol. The highest BCUT2D eigenvalue weighted by molar-refractivity contribution is 5.97. The lowest BCUT2D eigenvalue weighted by Crippen LogP contribution is -2.37. The van der Waals surface area contributed by atoms with Crippen molar-refractivity contribution in [3.63, 3.8) is 0 Å². The molecular formula is C20H28N4O3. The second kappa shape index (κ2) is 9.10. The fourth-order valence-corrected chi connectivity index (χ4v) is 3.46. The molecule has 1 unspecified atom stereocenters. The molecule has 2 aromatic rings. The van der Waals surface area contributed by atoms with Gasteiger partial charge in [0.1, 0.15) is 0 Å². The van der Waals surface area contributed by atoms with E-state index in [0.717, 1.165) is 43.9 Å². The molecule has 0 aliphatic heterocycles. The Balaban J connectivity index is 1.72. The summed E-state index contributed by atoms with van der Waals surface area (Å²) < 4.78 is 0. The van der Waals surface area contributed by atoms with E-state index in [-0.39, 0.29) is 30.7 Å².